The monoisotopic (exact) mass is 529 g/mol. The molecule has 0 aliphatic carbocycles. The number of rotatable bonds is 7. The first kappa shape index (κ1) is 26.6. The second-order valence-corrected chi connectivity index (χ2v) is 9.29. The number of alkyl halides is 3. The van der Waals surface area contributed by atoms with E-state index in [1.165, 1.54) is 19.1 Å². The molecule has 0 saturated heterocycles. The Kier molecular flexibility index (Phi) is 8.13. The number of aliphatic imine (C=N–C) groups is 1. The third-order valence-corrected chi connectivity index (χ3v) is 6.44. The molecule has 3 aromatic carbocycles. The molecule has 194 valence electrons. The Morgan fingerprint density at radius 2 is 1.62 bits per heavy atom. The summed E-state index contributed by atoms with van der Waals surface area (Å²) >= 11 is 5.91. The van der Waals surface area contributed by atoms with E-state index in [9.17, 15) is 18.3 Å². The zero-order valence-electron chi connectivity index (χ0n) is 20.5. The van der Waals surface area contributed by atoms with E-state index in [2.05, 4.69) is 4.99 Å². The molecule has 0 radical (unpaired) electrons. The lowest BCUT2D eigenvalue weighted by molar-refractivity contribution is -0.100. The van der Waals surface area contributed by atoms with Crippen LogP contribution in [-0.2, 0) is 13.0 Å². The van der Waals surface area contributed by atoms with Gasteiger partial charge in [0.15, 0.2) is 5.76 Å². The van der Waals surface area contributed by atoms with Gasteiger partial charge in [0.2, 0.25) is 0 Å². The van der Waals surface area contributed by atoms with Crippen LogP contribution in [0, 0.1) is 5.92 Å². The van der Waals surface area contributed by atoms with Crippen molar-refractivity contribution in [3.8, 4) is 17.2 Å². The highest BCUT2D eigenvalue weighted by molar-refractivity contribution is 6.30. The molecule has 8 heteroatoms. The molecule has 0 saturated carbocycles. The molecule has 1 aliphatic heterocycles. The van der Waals surface area contributed by atoms with Crippen LogP contribution in [-0.4, -0.2) is 23.5 Å². The highest BCUT2D eigenvalue weighted by Gasteiger charge is 2.43. The van der Waals surface area contributed by atoms with Gasteiger partial charge in [0.05, 0.1) is 5.57 Å². The maximum absolute atomic E-state index is 14.3. The Bertz CT molecular complexity index is 1300. The number of phenols is 1. The lowest BCUT2D eigenvalue weighted by Crippen LogP contribution is -2.25. The first-order valence-corrected chi connectivity index (χ1v) is 12.4. The fourth-order valence-electron chi connectivity index (χ4n) is 4.12. The number of benzene rings is 3. The Hall–Kier alpha value is -3.45. The van der Waals surface area contributed by atoms with Gasteiger partial charge in [0.1, 0.15) is 29.6 Å². The molecule has 0 aromatic heterocycles. The predicted octanol–water partition coefficient (Wildman–Crippen LogP) is 7.91. The normalized spacial score (nSPS) is 16.3. The number of nitrogens with zero attached hydrogens (tertiary/aromatic N) is 1. The minimum atomic E-state index is -4.64. The minimum absolute atomic E-state index is 0.0435. The number of aromatic hydroxyl groups is 1. The first-order chi connectivity index (χ1) is 17.7. The summed E-state index contributed by atoms with van der Waals surface area (Å²) in [6, 6.07) is 18.5. The summed E-state index contributed by atoms with van der Waals surface area (Å²) in [6.45, 7) is 3.89. The average Bonchev–Trinajstić information content (AvgIpc) is 3.02. The molecule has 37 heavy (non-hydrogen) atoms. The summed E-state index contributed by atoms with van der Waals surface area (Å²) in [4.78, 5) is 4.43. The first-order valence-electron chi connectivity index (χ1n) is 12.0. The fourth-order valence-corrected chi connectivity index (χ4v) is 4.24. The van der Waals surface area contributed by atoms with E-state index in [1.54, 1.807) is 30.3 Å². The van der Waals surface area contributed by atoms with Gasteiger partial charge in [0.25, 0.3) is 0 Å². The van der Waals surface area contributed by atoms with Crippen molar-refractivity contribution in [1.82, 2.24) is 0 Å². The molecule has 1 heterocycles. The molecular formula is C29H27ClF3NO3. The van der Waals surface area contributed by atoms with Crippen LogP contribution < -0.4 is 9.47 Å². The standard InChI is InChI=1S/C29H27ClF3NO3/c1-3-19-6-10-22(11-7-19)37-28-26(29(31,32)33)18(2)14-15-34-27(28)24-13-12-23(16-25(24)35)36-17-20-4-8-21(30)9-5-20/h4-13,16,18,35H,3,14-15,17H2,1-2H3. The van der Waals surface area contributed by atoms with E-state index in [-0.39, 0.29) is 42.3 Å². The molecule has 1 aliphatic rings. The third-order valence-electron chi connectivity index (χ3n) is 6.18. The van der Waals surface area contributed by atoms with Crippen molar-refractivity contribution in [3.63, 3.8) is 0 Å². The van der Waals surface area contributed by atoms with E-state index in [1.807, 2.05) is 31.2 Å². The molecule has 0 fully saturated rings. The summed E-state index contributed by atoms with van der Waals surface area (Å²) in [7, 11) is 0. The van der Waals surface area contributed by atoms with Crippen LogP contribution in [0.2, 0.25) is 5.02 Å². The van der Waals surface area contributed by atoms with E-state index in [0.717, 1.165) is 17.5 Å². The fraction of sp³-hybridized carbons (Fsp3) is 0.276. The van der Waals surface area contributed by atoms with Crippen molar-refractivity contribution in [2.75, 3.05) is 6.54 Å². The van der Waals surface area contributed by atoms with Crippen molar-refractivity contribution < 1.29 is 27.8 Å². The van der Waals surface area contributed by atoms with Gasteiger partial charge in [-0.2, -0.15) is 13.2 Å². The maximum atomic E-state index is 14.3. The van der Waals surface area contributed by atoms with Gasteiger partial charge < -0.3 is 14.6 Å². The molecule has 4 rings (SSSR count). The maximum Gasteiger partial charge on any atom is 0.416 e. The molecular weight excluding hydrogens is 503 g/mol. The van der Waals surface area contributed by atoms with Crippen LogP contribution in [0.15, 0.2) is 83.1 Å². The highest BCUT2D eigenvalue weighted by Crippen LogP contribution is 2.40. The van der Waals surface area contributed by atoms with E-state index in [4.69, 9.17) is 21.1 Å². The van der Waals surface area contributed by atoms with Crippen molar-refractivity contribution in [3.05, 3.63) is 99.8 Å². The second-order valence-electron chi connectivity index (χ2n) is 8.85. The minimum Gasteiger partial charge on any atom is -0.507 e. The second kappa shape index (κ2) is 11.3. The topological polar surface area (TPSA) is 51.0 Å². The molecule has 0 amide bonds. The number of aryl methyl sites for hydroxylation is 1. The van der Waals surface area contributed by atoms with Crippen LogP contribution in [0.4, 0.5) is 13.2 Å². The molecule has 0 spiro atoms. The Balaban J connectivity index is 1.69. The summed E-state index contributed by atoms with van der Waals surface area (Å²) < 4.78 is 54.5. The van der Waals surface area contributed by atoms with E-state index >= 15 is 0 Å². The predicted molar refractivity (Wildman–Crippen MR) is 139 cm³/mol. The molecule has 1 N–H and O–H groups in total. The zero-order chi connectivity index (χ0) is 26.6. The number of hydrogen-bond acceptors (Lipinski definition) is 4. The number of hydrogen-bond donors (Lipinski definition) is 1. The molecule has 3 aromatic rings. The van der Waals surface area contributed by atoms with Gasteiger partial charge in [-0.05, 0) is 66.3 Å². The third kappa shape index (κ3) is 6.46. The summed E-state index contributed by atoms with van der Waals surface area (Å²) in [6.07, 6.45) is -3.65. The largest absolute Gasteiger partial charge is 0.507 e. The Morgan fingerprint density at radius 1 is 0.973 bits per heavy atom. The summed E-state index contributed by atoms with van der Waals surface area (Å²) in [5.41, 5.74) is 1.20. The molecule has 1 atom stereocenters. The molecule has 4 nitrogen and oxygen atoms in total. The average molecular weight is 530 g/mol. The van der Waals surface area contributed by atoms with Crippen LogP contribution in [0.5, 0.6) is 17.2 Å². The molecule has 0 bridgehead atoms. The van der Waals surface area contributed by atoms with Gasteiger partial charge >= 0.3 is 6.18 Å². The van der Waals surface area contributed by atoms with E-state index in [0.29, 0.717) is 10.8 Å². The van der Waals surface area contributed by atoms with Gasteiger partial charge in [-0.15, -0.1) is 0 Å². The van der Waals surface area contributed by atoms with Crippen molar-refractivity contribution >= 4 is 17.3 Å². The van der Waals surface area contributed by atoms with Gasteiger partial charge in [-0.1, -0.05) is 49.7 Å². The van der Waals surface area contributed by atoms with Crippen LogP contribution >= 0.6 is 11.6 Å². The van der Waals surface area contributed by atoms with Crippen LogP contribution in [0.25, 0.3) is 0 Å². The van der Waals surface area contributed by atoms with Gasteiger partial charge in [-0.25, -0.2) is 0 Å². The van der Waals surface area contributed by atoms with Crippen LogP contribution in [0.3, 0.4) is 0 Å². The quantitative estimate of drug-likeness (QED) is 0.338. The van der Waals surface area contributed by atoms with Crippen molar-refractivity contribution in [2.45, 2.75) is 39.5 Å². The number of ether oxygens (including phenoxy) is 2. The lowest BCUT2D eigenvalue weighted by atomic mass is 9.94. The number of halogens is 4. The van der Waals surface area contributed by atoms with Crippen molar-refractivity contribution in [2.24, 2.45) is 10.9 Å². The van der Waals surface area contributed by atoms with Crippen LogP contribution in [0.1, 0.15) is 37.0 Å². The lowest BCUT2D eigenvalue weighted by Gasteiger charge is -2.22. The summed E-state index contributed by atoms with van der Waals surface area (Å²) in [5.74, 6) is -0.873. The Morgan fingerprint density at radius 3 is 2.24 bits per heavy atom. The molecule has 1 unspecified atom stereocenters. The Labute approximate surface area is 219 Å². The highest BCUT2D eigenvalue weighted by atomic mass is 35.5. The van der Waals surface area contributed by atoms with Gasteiger partial charge in [0, 0.05) is 23.2 Å². The zero-order valence-corrected chi connectivity index (χ0v) is 21.2. The summed E-state index contributed by atoms with van der Waals surface area (Å²) in [5, 5.41) is 11.4. The van der Waals surface area contributed by atoms with E-state index < -0.39 is 23.4 Å². The number of allylic oxidation sites excluding steroid dienone is 2. The smallest absolute Gasteiger partial charge is 0.416 e. The number of phenolic OH excluding ortho intramolecular Hbond substituents is 1. The SMILES string of the molecule is CCc1ccc(OC2=C(C(F)(F)F)C(C)CCN=C2c2ccc(OCc3ccc(Cl)cc3)cc2O)cc1. The van der Waals surface area contributed by atoms with Crippen molar-refractivity contribution in [1.29, 1.82) is 0 Å². The van der Waals surface area contributed by atoms with Gasteiger partial charge in [-0.3, -0.25) is 4.99 Å².